The maximum Gasteiger partial charge on any atom is 0.159 e. The van der Waals surface area contributed by atoms with Gasteiger partial charge < -0.3 is 14.3 Å². The minimum absolute atomic E-state index is 0.284. The molecule has 0 saturated carbocycles. The van der Waals surface area contributed by atoms with Gasteiger partial charge in [-0.2, -0.15) is 0 Å². The third kappa shape index (κ3) is 5.32. The van der Waals surface area contributed by atoms with Crippen LogP contribution in [0.3, 0.4) is 0 Å². The lowest BCUT2D eigenvalue weighted by atomic mass is 9.93. The number of nitrogens with one attached hydrogen (secondary N) is 1. The highest BCUT2D eigenvalue weighted by Gasteiger charge is 2.23. The van der Waals surface area contributed by atoms with E-state index in [1.165, 1.54) is 10.8 Å². The third-order valence-corrected chi connectivity index (χ3v) is 10.8. The molecule has 264 valence electrons. The van der Waals surface area contributed by atoms with E-state index >= 15 is 0 Å². The van der Waals surface area contributed by atoms with Gasteiger partial charge in [0, 0.05) is 32.7 Å². The largest absolute Gasteiger partial charge is 0.454 e. The molecule has 5 heteroatoms. The summed E-state index contributed by atoms with van der Waals surface area (Å²) in [5.74, 6) is 1.47. The summed E-state index contributed by atoms with van der Waals surface area (Å²) in [5.41, 5.74) is 12.4. The van der Waals surface area contributed by atoms with Crippen LogP contribution in [0.4, 0.5) is 0 Å². The average molecular weight is 719 g/mol. The molecule has 0 spiro atoms. The molecule has 1 aliphatic heterocycles. The summed E-state index contributed by atoms with van der Waals surface area (Å²) in [5, 5.41) is 8.15. The summed E-state index contributed by atoms with van der Waals surface area (Å²) < 4.78 is 9.37. The molecule has 0 bridgehead atoms. The van der Waals surface area contributed by atoms with E-state index in [-0.39, 0.29) is 6.17 Å². The second-order valence-electron chi connectivity index (χ2n) is 14.2. The van der Waals surface area contributed by atoms with Gasteiger partial charge in [0.2, 0.25) is 0 Å². The summed E-state index contributed by atoms with van der Waals surface area (Å²) >= 11 is 0. The van der Waals surface area contributed by atoms with Crippen molar-refractivity contribution in [3.63, 3.8) is 0 Å². The van der Waals surface area contributed by atoms with Crippen LogP contribution in [0.1, 0.15) is 22.9 Å². The molecular formula is C51H34N4O. The fraction of sp³-hybridized carbons (Fsp3) is 0.0196. The summed E-state index contributed by atoms with van der Waals surface area (Å²) in [4.78, 5) is 10.3. The predicted octanol–water partition coefficient (Wildman–Crippen LogP) is 12.5. The fourth-order valence-electron chi connectivity index (χ4n) is 8.25. The van der Waals surface area contributed by atoms with E-state index in [2.05, 4.69) is 168 Å². The monoisotopic (exact) mass is 718 g/mol. The van der Waals surface area contributed by atoms with E-state index in [9.17, 15) is 0 Å². The Balaban J connectivity index is 1.13. The van der Waals surface area contributed by atoms with Crippen LogP contribution < -0.4 is 5.32 Å². The van der Waals surface area contributed by atoms with Crippen LogP contribution in [0.25, 0.3) is 71.7 Å². The number of aliphatic imine (C=N–C) groups is 2. The quantitative estimate of drug-likeness (QED) is 0.186. The highest BCUT2D eigenvalue weighted by Crippen LogP contribution is 2.43. The highest BCUT2D eigenvalue weighted by molar-refractivity contribution is 6.18. The van der Waals surface area contributed by atoms with E-state index in [1.807, 2.05) is 36.4 Å². The van der Waals surface area contributed by atoms with Crippen LogP contribution >= 0.6 is 0 Å². The number of hydrogen-bond acceptors (Lipinski definition) is 4. The van der Waals surface area contributed by atoms with E-state index in [0.717, 1.165) is 83.4 Å². The van der Waals surface area contributed by atoms with Gasteiger partial charge in [-0.1, -0.05) is 158 Å². The smallest absolute Gasteiger partial charge is 0.159 e. The Labute approximate surface area is 323 Å². The molecule has 5 nitrogen and oxygen atoms in total. The van der Waals surface area contributed by atoms with Crippen LogP contribution in [-0.2, 0) is 0 Å². The molecule has 1 aliphatic rings. The first-order chi connectivity index (χ1) is 27.8. The summed E-state index contributed by atoms with van der Waals surface area (Å²) in [7, 11) is 0. The first-order valence-corrected chi connectivity index (χ1v) is 18.9. The Kier molecular flexibility index (Phi) is 7.49. The van der Waals surface area contributed by atoms with Crippen molar-refractivity contribution in [1.29, 1.82) is 0 Å². The fourth-order valence-corrected chi connectivity index (χ4v) is 8.25. The van der Waals surface area contributed by atoms with Gasteiger partial charge in [0.15, 0.2) is 11.4 Å². The molecule has 2 aromatic heterocycles. The van der Waals surface area contributed by atoms with E-state index in [1.54, 1.807) is 0 Å². The number of benzene rings is 8. The lowest BCUT2D eigenvalue weighted by Gasteiger charge is -2.23. The van der Waals surface area contributed by atoms with Gasteiger partial charge in [-0.3, -0.25) is 0 Å². The highest BCUT2D eigenvalue weighted by atomic mass is 16.3. The Hall–Kier alpha value is -7.50. The van der Waals surface area contributed by atoms with Gasteiger partial charge in [0.25, 0.3) is 0 Å². The first-order valence-electron chi connectivity index (χ1n) is 18.9. The van der Waals surface area contributed by atoms with Crippen LogP contribution in [0.2, 0.25) is 0 Å². The molecule has 3 heterocycles. The molecule has 10 aromatic rings. The van der Waals surface area contributed by atoms with Gasteiger partial charge in [0.1, 0.15) is 17.6 Å². The number of hydrogen-bond donors (Lipinski definition) is 1. The molecular weight excluding hydrogens is 685 g/mol. The number of fused-ring (bicyclic) bond motifs is 6. The van der Waals surface area contributed by atoms with Crippen molar-refractivity contribution in [2.75, 3.05) is 0 Å². The average Bonchev–Trinajstić information content (AvgIpc) is 3.83. The zero-order valence-corrected chi connectivity index (χ0v) is 30.3. The van der Waals surface area contributed by atoms with E-state index < -0.39 is 0 Å². The molecule has 8 aromatic carbocycles. The van der Waals surface area contributed by atoms with Crippen LogP contribution in [0, 0.1) is 0 Å². The number of furan rings is 1. The van der Waals surface area contributed by atoms with Crippen molar-refractivity contribution in [3.05, 3.63) is 211 Å². The minimum Gasteiger partial charge on any atom is -0.454 e. The Bertz CT molecular complexity index is 3100. The third-order valence-electron chi connectivity index (χ3n) is 10.8. The first kappa shape index (κ1) is 32.0. The zero-order valence-electron chi connectivity index (χ0n) is 30.3. The number of para-hydroxylation sites is 3. The van der Waals surface area contributed by atoms with E-state index in [4.69, 9.17) is 14.4 Å². The lowest BCUT2D eigenvalue weighted by Crippen LogP contribution is -2.33. The molecule has 0 aliphatic carbocycles. The number of nitrogens with zero attached hydrogens (tertiary/aromatic N) is 3. The number of aromatic nitrogens is 1. The van der Waals surface area contributed by atoms with Gasteiger partial charge in [-0.15, -0.1) is 0 Å². The summed E-state index contributed by atoms with van der Waals surface area (Å²) in [6.45, 7) is 0. The second-order valence-corrected chi connectivity index (χ2v) is 14.2. The molecule has 0 saturated heterocycles. The second kappa shape index (κ2) is 13.1. The number of rotatable bonds is 6. The summed E-state index contributed by atoms with van der Waals surface area (Å²) in [6.07, 6.45) is -0.284. The zero-order chi connectivity index (χ0) is 37.0. The minimum atomic E-state index is -0.284. The SMILES string of the molecule is c1ccc(C2=NC(c3cccc(-c4cc(-c5ccccc5)cc5oc6c(-n7c8ccccc8c8ccccc87)cccc6c45)c3)=NC(c3ccccc3)N2)cc1. The molecule has 0 amide bonds. The van der Waals surface area contributed by atoms with Gasteiger partial charge in [0.05, 0.1) is 16.7 Å². The molecule has 56 heavy (non-hydrogen) atoms. The maximum atomic E-state index is 7.03. The van der Waals surface area contributed by atoms with Gasteiger partial charge >= 0.3 is 0 Å². The summed E-state index contributed by atoms with van der Waals surface area (Å²) in [6, 6.07) is 67.9. The van der Waals surface area contributed by atoms with Crippen LogP contribution in [0.5, 0.6) is 0 Å². The Morgan fingerprint density at radius 1 is 0.482 bits per heavy atom. The van der Waals surface area contributed by atoms with Gasteiger partial charge in [-0.25, -0.2) is 9.98 Å². The van der Waals surface area contributed by atoms with Gasteiger partial charge in [-0.05, 0) is 64.2 Å². The molecule has 0 radical (unpaired) electrons. The van der Waals surface area contributed by atoms with Crippen molar-refractivity contribution in [1.82, 2.24) is 9.88 Å². The molecule has 1 N–H and O–H groups in total. The molecule has 1 atom stereocenters. The van der Waals surface area contributed by atoms with Crippen molar-refractivity contribution < 1.29 is 4.42 Å². The van der Waals surface area contributed by atoms with Crippen molar-refractivity contribution in [3.8, 4) is 27.9 Å². The van der Waals surface area contributed by atoms with Crippen LogP contribution in [-0.4, -0.2) is 16.2 Å². The standard InChI is InChI=1S/C51H34N4O/c1-4-16-33(17-5-1)38-31-42(36-22-14-23-37(30-36)51-53-49(34-18-6-2-7-19-34)52-50(54-51)35-20-8-3-9-21-35)47-41-26-15-29-45(48(41)56-46(47)32-38)55-43-27-12-10-24-39(43)40-25-11-13-28-44(40)55/h1-32,49H,(H,52,53,54). The number of amidine groups is 2. The predicted molar refractivity (Wildman–Crippen MR) is 231 cm³/mol. The van der Waals surface area contributed by atoms with Crippen molar-refractivity contribution in [2.45, 2.75) is 6.17 Å². The molecule has 0 fully saturated rings. The lowest BCUT2D eigenvalue weighted by molar-refractivity contribution is 0.666. The Morgan fingerprint density at radius 3 is 1.80 bits per heavy atom. The van der Waals surface area contributed by atoms with Crippen molar-refractivity contribution >= 4 is 55.4 Å². The topological polar surface area (TPSA) is 54.8 Å². The Morgan fingerprint density at radius 2 is 1.07 bits per heavy atom. The van der Waals surface area contributed by atoms with Crippen molar-refractivity contribution in [2.24, 2.45) is 9.98 Å². The van der Waals surface area contributed by atoms with Crippen LogP contribution in [0.15, 0.2) is 209 Å². The molecule has 1 unspecified atom stereocenters. The normalized spacial score (nSPS) is 14.2. The van der Waals surface area contributed by atoms with E-state index in [0.29, 0.717) is 5.84 Å². The molecule has 11 rings (SSSR count). The maximum absolute atomic E-state index is 7.03.